The van der Waals surface area contributed by atoms with Crippen molar-refractivity contribution in [3.63, 3.8) is 0 Å². The van der Waals surface area contributed by atoms with Crippen LogP contribution in [0.15, 0.2) is 42.5 Å². The van der Waals surface area contributed by atoms with Gasteiger partial charge in [0.05, 0.1) is 0 Å². The summed E-state index contributed by atoms with van der Waals surface area (Å²) in [6.45, 7) is 5.20. The SMILES string of the molecule is Cc1cccc(NC(=O)C2CCN(C(=O)c3cccc(Cl)c3)CC2)c1C. The zero-order chi connectivity index (χ0) is 18.7. The minimum Gasteiger partial charge on any atom is -0.339 e. The van der Waals surface area contributed by atoms with E-state index in [1.54, 1.807) is 29.2 Å². The molecule has 3 rings (SSSR count). The molecule has 5 heteroatoms. The Balaban J connectivity index is 1.58. The molecule has 4 nitrogen and oxygen atoms in total. The van der Waals surface area contributed by atoms with Crippen LogP contribution in [0.3, 0.4) is 0 Å². The lowest BCUT2D eigenvalue weighted by Crippen LogP contribution is -2.41. The van der Waals surface area contributed by atoms with E-state index in [0.29, 0.717) is 36.5 Å². The van der Waals surface area contributed by atoms with E-state index < -0.39 is 0 Å². The number of carbonyl (C=O) groups is 2. The summed E-state index contributed by atoms with van der Waals surface area (Å²) in [6.07, 6.45) is 1.34. The van der Waals surface area contributed by atoms with Crippen LogP contribution in [0.4, 0.5) is 5.69 Å². The van der Waals surface area contributed by atoms with Gasteiger partial charge in [0.2, 0.25) is 5.91 Å². The summed E-state index contributed by atoms with van der Waals surface area (Å²) in [5.74, 6) is -0.0623. The lowest BCUT2D eigenvalue weighted by molar-refractivity contribution is -0.121. The maximum absolute atomic E-state index is 12.6. The van der Waals surface area contributed by atoms with Crippen LogP contribution < -0.4 is 5.32 Å². The third kappa shape index (κ3) is 4.07. The number of anilines is 1. The maximum atomic E-state index is 12.6. The van der Waals surface area contributed by atoms with Crippen molar-refractivity contribution < 1.29 is 9.59 Å². The Morgan fingerprint density at radius 3 is 2.46 bits per heavy atom. The number of likely N-dealkylation sites (tertiary alicyclic amines) is 1. The molecule has 1 aliphatic heterocycles. The molecule has 0 spiro atoms. The molecule has 26 heavy (non-hydrogen) atoms. The van der Waals surface area contributed by atoms with Crippen molar-refractivity contribution in [3.8, 4) is 0 Å². The van der Waals surface area contributed by atoms with Crippen LogP contribution in [0.5, 0.6) is 0 Å². The Morgan fingerprint density at radius 2 is 1.77 bits per heavy atom. The van der Waals surface area contributed by atoms with Gasteiger partial charge in [0, 0.05) is 35.3 Å². The number of benzene rings is 2. The van der Waals surface area contributed by atoms with Crippen molar-refractivity contribution in [2.45, 2.75) is 26.7 Å². The summed E-state index contributed by atoms with van der Waals surface area (Å²) in [6, 6.07) is 12.9. The summed E-state index contributed by atoms with van der Waals surface area (Å²) in [7, 11) is 0. The van der Waals surface area contributed by atoms with Gasteiger partial charge in [-0.3, -0.25) is 9.59 Å². The van der Waals surface area contributed by atoms with Crippen molar-refractivity contribution in [1.29, 1.82) is 0 Å². The van der Waals surface area contributed by atoms with Crippen molar-refractivity contribution in [1.82, 2.24) is 4.90 Å². The molecule has 1 heterocycles. The molecule has 2 amide bonds. The van der Waals surface area contributed by atoms with Crippen molar-refractivity contribution in [3.05, 3.63) is 64.2 Å². The number of hydrogen-bond acceptors (Lipinski definition) is 2. The number of hydrogen-bond donors (Lipinski definition) is 1. The average molecular weight is 371 g/mol. The van der Waals surface area contributed by atoms with E-state index in [0.717, 1.165) is 16.8 Å². The monoisotopic (exact) mass is 370 g/mol. The van der Waals surface area contributed by atoms with E-state index in [9.17, 15) is 9.59 Å². The van der Waals surface area contributed by atoms with Gasteiger partial charge in [-0.2, -0.15) is 0 Å². The van der Waals surface area contributed by atoms with Crippen LogP contribution in [-0.4, -0.2) is 29.8 Å². The first-order valence-corrected chi connectivity index (χ1v) is 9.25. The predicted molar refractivity (Wildman–Crippen MR) is 105 cm³/mol. The van der Waals surface area contributed by atoms with Crippen LogP contribution in [0.1, 0.15) is 34.3 Å². The van der Waals surface area contributed by atoms with Crippen LogP contribution in [0.25, 0.3) is 0 Å². The van der Waals surface area contributed by atoms with E-state index in [4.69, 9.17) is 11.6 Å². The summed E-state index contributed by atoms with van der Waals surface area (Å²) >= 11 is 5.97. The van der Waals surface area contributed by atoms with Gasteiger partial charge in [0.15, 0.2) is 0 Å². The first kappa shape index (κ1) is 18.5. The lowest BCUT2D eigenvalue weighted by atomic mass is 9.95. The zero-order valence-corrected chi connectivity index (χ0v) is 15.8. The third-order valence-corrected chi connectivity index (χ3v) is 5.32. The quantitative estimate of drug-likeness (QED) is 0.867. The maximum Gasteiger partial charge on any atom is 0.253 e. The molecule has 136 valence electrons. The van der Waals surface area contributed by atoms with E-state index in [2.05, 4.69) is 5.32 Å². The number of nitrogens with zero attached hydrogens (tertiary/aromatic N) is 1. The highest BCUT2D eigenvalue weighted by Gasteiger charge is 2.28. The van der Waals surface area contributed by atoms with Crippen molar-refractivity contribution >= 4 is 29.1 Å². The molecule has 0 aliphatic carbocycles. The number of piperidine rings is 1. The van der Waals surface area contributed by atoms with Gasteiger partial charge < -0.3 is 10.2 Å². The normalized spacial score (nSPS) is 15.0. The third-order valence-electron chi connectivity index (χ3n) is 5.09. The van der Waals surface area contributed by atoms with E-state index in [-0.39, 0.29) is 17.7 Å². The highest BCUT2D eigenvalue weighted by molar-refractivity contribution is 6.30. The van der Waals surface area contributed by atoms with Crippen LogP contribution in [0.2, 0.25) is 5.02 Å². The van der Waals surface area contributed by atoms with E-state index >= 15 is 0 Å². The van der Waals surface area contributed by atoms with Crippen LogP contribution in [-0.2, 0) is 4.79 Å². The first-order valence-electron chi connectivity index (χ1n) is 8.87. The molecule has 0 atom stereocenters. The fourth-order valence-corrected chi connectivity index (χ4v) is 3.46. The van der Waals surface area contributed by atoms with Gasteiger partial charge in [0.1, 0.15) is 0 Å². The molecular formula is C21H23ClN2O2. The fourth-order valence-electron chi connectivity index (χ4n) is 3.27. The molecule has 0 bridgehead atoms. The number of aryl methyl sites for hydroxylation is 1. The standard InChI is InChI=1S/C21H23ClN2O2/c1-14-5-3-8-19(15(14)2)23-20(25)16-9-11-24(12-10-16)21(26)17-6-4-7-18(22)13-17/h3-8,13,16H,9-12H2,1-2H3,(H,23,25). The summed E-state index contributed by atoms with van der Waals surface area (Å²) in [5.41, 5.74) is 3.71. The van der Waals surface area contributed by atoms with E-state index in [1.807, 2.05) is 32.0 Å². The summed E-state index contributed by atoms with van der Waals surface area (Å²) < 4.78 is 0. The smallest absolute Gasteiger partial charge is 0.253 e. The highest BCUT2D eigenvalue weighted by atomic mass is 35.5. The molecule has 0 radical (unpaired) electrons. The van der Waals surface area contributed by atoms with Gasteiger partial charge in [-0.15, -0.1) is 0 Å². The number of nitrogens with one attached hydrogen (secondary N) is 1. The molecule has 1 fully saturated rings. The second-order valence-corrected chi connectivity index (χ2v) is 7.25. The minimum absolute atomic E-state index is 0.0270. The Morgan fingerprint density at radius 1 is 1.08 bits per heavy atom. The number of amides is 2. The molecule has 1 aliphatic rings. The summed E-state index contributed by atoms with van der Waals surface area (Å²) in [4.78, 5) is 27.0. The molecule has 2 aromatic rings. The van der Waals surface area contributed by atoms with Crippen molar-refractivity contribution in [2.75, 3.05) is 18.4 Å². The van der Waals surface area contributed by atoms with Gasteiger partial charge in [-0.25, -0.2) is 0 Å². The molecule has 0 aromatic heterocycles. The van der Waals surface area contributed by atoms with Gasteiger partial charge in [-0.05, 0) is 62.1 Å². The fraction of sp³-hybridized carbons (Fsp3) is 0.333. The second-order valence-electron chi connectivity index (χ2n) is 6.81. The highest BCUT2D eigenvalue weighted by Crippen LogP contribution is 2.24. The van der Waals surface area contributed by atoms with Crippen LogP contribution >= 0.6 is 11.6 Å². The molecule has 1 saturated heterocycles. The number of carbonyl (C=O) groups excluding carboxylic acids is 2. The minimum atomic E-state index is -0.0710. The molecule has 0 saturated carbocycles. The topological polar surface area (TPSA) is 49.4 Å². The predicted octanol–water partition coefficient (Wildman–Crippen LogP) is 4.45. The number of rotatable bonds is 3. The van der Waals surface area contributed by atoms with Gasteiger partial charge >= 0.3 is 0 Å². The van der Waals surface area contributed by atoms with Gasteiger partial charge in [-0.1, -0.05) is 29.8 Å². The largest absolute Gasteiger partial charge is 0.339 e. The van der Waals surface area contributed by atoms with E-state index in [1.165, 1.54) is 0 Å². The Kier molecular flexibility index (Phi) is 5.62. The first-order chi connectivity index (χ1) is 12.5. The lowest BCUT2D eigenvalue weighted by Gasteiger charge is -2.31. The van der Waals surface area contributed by atoms with Crippen molar-refractivity contribution in [2.24, 2.45) is 5.92 Å². The Labute approximate surface area is 159 Å². The zero-order valence-electron chi connectivity index (χ0n) is 15.1. The van der Waals surface area contributed by atoms with Crippen LogP contribution in [0, 0.1) is 19.8 Å². The molecule has 2 aromatic carbocycles. The summed E-state index contributed by atoms with van der Waals surface area (Å²) in [5, 5.41) is 3.60. The molecular weight excluding hydrogens is 348 g/mol. The Hall–Kier alpha value is -2.33. The number of halogens is 1. The average Bonchev–Trinajstić information content (AvgIpc) is 2.65. The van der Waals surface area contributed by atoms with Gasteiger partial charge in [0.25, 0.3) is 5.91 Å². The Bertz CT molecular complexity index is 827. The second kappa shape index (κ2) is 7.92. The molecule has 0 unspecified atom stereocenters. The molecule has 1 N–H and O–H groups in total.